The average molecular weight is 407 g/mol. The van der Waals surface area contributed by atoms with Crippen molar-refractivity contribution in [2.24, 2.45) is 5.92 Å². The van der Waals surface area contributed by atoms with E-state index in [1.54, 1.807) is 6.92 Å². The van der Waals surface area contributed by atoms with Crippen molar-refractivity contribution in [1.82, 2.24) is 0 Å². The number of methoxy groups -OCH3 is 2. The molecular formula is C23H34O6. The van der Waals surface area contributed by atoms with Gasteiger partial charge in [0, 0.05) is 18.1 Å². The third kappa shape index (κ3) is 6.18. The highest BCUT2D eigenvalue weighted by atomic mass is 16.5. The maximum absolute atomic E-state index is 12.6. The van der Waals surface area contributed by atoms with E-state index in [2.05, 4.69) is 0 Å². The van der Waals surface area contributed by atoms with Crippen LogP contribution in [0.15, 0.2) is 22.7 Å². The number of hydrogen-bond donors (Lipinski definition) is 0. The van der Waals surface area contributed by atoms with Crippen LogP contribution in [0.25, 0.3) is 0 Å². The average Bonchev–Trinajstić information content (AvgIpc) is 2.70. The second-order valence-electron chi connectivity index (χ2n) is 8.03. The lowest BCUT2D eigenvalue weighted by atomic mass is 9.84. The summed E-state index contributed by atoms with van der Waals surface area (Å²) in [6.45, 7) is 3.16. The Morgan fingerprint density at radius 3 is 2.07 bits per heavy atom. The number of hydrogen-bond acceptors (Lipinski definition) is 6. The Hall–Kier alpha value is -2.11. The van der Waals surface area contributed by atoms with E-state index in [4.69, 9.17) is 14.2 Å². The lowest BCUT2D eigenvalue weighted by Gasteiger charge is -2.28. The van der Waals surface area contributed by atoms with E-state index in [9.17, 15) is 14.4 Å². The summed E-state index contributed by atoms with van der Waals surface area (Å²) in [4.78, 5) is 36.0. The van der Waals surface area contributed by atoms with E-state index < -0.39 is 0 Å². The molecular weight excluding hydrogens is 372 g/mol. The van der Waals surface area contributed by atoms with Crippen molar-refractivity contribution < 1.29 is 28.6 Å². The van der Waals surface area contributed by atoms with E-state index >= 15 is 0 Å². The maximum Gasteiger partial charge on any atom is 0.302 e. The highest BCUT2D eigenvalue weighted by Gasteiger charge is 2.34. The van der Waals surface area contributed by atoms with Crippen LogP contribution in [0.4, 0.5) is 0 Å². The molecule has 0 bridgehead atoms. The van der Waals surface area contributed by atoms with Crippen LogP contribution in [0.2, 0.25) is 0 Å². The zero-order valence-corrected chi connectivity index (χ0v) is 18.2. The van der Waals surface area contributed by atoms with Gasteiger partial charge in [0.2, 0.25) is 23.1 Å². The molecule has 0 N–H and O–H groups in total. The van der Waals surface area contributed by atoms with Gasteiger partial charge in [-0.15, -0.1) is 0 Å². The highest BCUT2D eigenvalue weighted by Crippen LogP contribution is 2.31. The van der Waals surface area contributed by atoms with Crippen LogP contribution < -0.4 is 0 Å². The number of ether oxygens (including phenoxy) is 3. The fraction of sp³-hybridized carbons (Fsp3) is 0.696. The van der Waals surface area contributed by atoms with Gasteiger partial charge in [-0.2, -0.15) is 0 Å². The number of unbranched alkanes of at least 4 members (excludes halogenated alkanes) is 3. The first-order valence-corrected chi connectivity index (χ1v) is 10.7. The second-order valence-corrected chi connectivity index (χ2v) is 8.03. The molecule has 2 aliphatic carbocycles. The maximum atomic E-state index is 12.6. The zero-order chi connectivity index (χ0) is 21.4. The molecule has 0 radical (unpaired) electrons. The normalized spacial score (nSPS) is 22.8. The summed E-state index contributed by atoms with van der Waals surface area (Å²) < 4.78 is 15.5. The highest BCUT2D eigenvalue weighted by molar-refractivity contribution is 6.23. The summed E-state index contributed by atoms with van der Waals surface area (Å²) in [6, 6.07) is 0. The van der Waals surface area contributed by atoms with Crippen molar-refractivity contribution in [3.63, 3.8) is 0 Å². The van der Waals surface area contributed by atoms with Crippen molar-refractivity contribution in [2.75, 3.05) is 14.2 Å². The fourth-order valence-electron chi connectivity index (χ4n) is 4.35. The minimum Gasteiger partial charge on any atom is -0.489 e. The van der Waals surface area contributed by atoms with Gasteiger partial charge in [-0.1, -0.05) is 25.7 Å². The SMILES string of the molecule is COC1=C(OC)C(=O)C(CCCCCCC2CCC(OC(C)=O)CC2)=C(C)C1=O. The molecule has 0 aromatic rings. The van der Waals surface area contributed by atoms with Crippen molar-refractivity contribution in [1.29, 1.82) is 0 Å². The molecule has 6 heteroatoms. The van der Waals surface area contributed by atoms with Gasteiger partial charge in [-0.25, -0.2) is 0 Å². The van der Waals surface area contributed by atoms with Gasteiger partial charge in [0.05, 0.1) is 14.2 Å². The minimum atomic E-state index is -0.261. The van der Waals surface area contributed by atoms with E-state index in [1.807, 2.05) is 0 Å². The van der Waals surface area contributed by atoms with Crippen molar-refractivity contribution >= 4 is 17.5 Å². The Balaban J connectivity index is 1.68. The number of carbonyl (C=O) groups is 3. The van der Waals surface area contributed by atoms with E-state index in [1.165, 1.54) is 34.0 Å². The predicted octanol–water partition coefficient (Wildman–Crippen LogP) is 4.42. The van der Waals surface area contributed by atoms with Crippen LogP contribution in [0.3, 0.4) is 0 Å². The monoisotopic (exact) mass is 406 g/mol. The number of carbonyl (C=O) groups excluding carboxylic acids is 3. The summed E-state index contributed by atoms with van der Waals surface area (Å²) in [5.74, 6) is 0.0774. The van der Waals surface area contributed by atoms with Crippen LogP contribution in [0, 0.1) is 5.92 Å². The number of esters is 1. The quantitative estimate of drug-likeness (QED) is 0.303. The molecule has 29 heavy (non-hydrogen) atoms. The molecule has 0 saturated heterocycles. The summed E-state index contributed by atoms with van der Waals surface area (Å²) in [5.41, 5.74) is 1.02. The van der Waals surface area contributed by atoms with Crippen LogP contribution >= 0.6 is 0 Å². The van der Waals surface area contributed by atoms with E-state index in [0.29, 0.717) is 17.6 Å². The molecule has 0 heterocycles. The molecule has 0 spiro atoms. The standard InChI is InChI=1S/C23H34O6/c1-15-19(21(26)23(28-4)22(27-3)20(15)25)10-8-6-5-7-9-17-11-13-18(14-12-17)29-16(2)24/h17-18H,5-14H2,1-4H3. The molecule has 6 nitrogen and oxygen atoms in total. The lowest BCUT2D eigenvalue weighted by Crippen LogP contribution is -2.25. The van der Waals surface area contributed by atoms with Crippen molar-refractivity contribution in [3.05, 3.63) is 22.7 Å². The Bertz CT molecular complexity index is 679. The van der Waals surface area contributed by atoms with Gasteiger partial charge in [0.15, 0.2) is 0 Å². The third-order valence-corrected chi connectivity index (χ3v) is 6.01. The molecule has 0 atom stereocenters. The van der Waals surface area contributed by atoms with Crippen molar-refractivity contribution in [2.45, 2.75) is 84.2 Å². The molecule has 2 rings (SSSR count). The predicted molar refractivity (Wildman–Crippen MR) is 109 cm³/mol. The van der Waals surface area contributed by atoms with Gasteiger partial charge in [-0.3, -0.25) is 14.4 Å². The number of ketones is 2. The Morgan fingerprint density at radius 2 is 1.48 bits per heavy atom. The summed E-state index contributed by atoms with van der Waals surface area (Å²) in [6.07, 6.45) is 10.3. The van der Waals surface area contributed by atoms with Gasteiger partial charge >= 0.3 is 5.97 Å². The summed E-state index contributed by atoms with van der Waals surface area (Å²) in [5, 5.41) is 0. The number of rotatable bonds is 10. The largest absolute Gasteiger partial charge is 0.489 e. The van der Waals surface area contributed by atoms with Crippen LogP contribution in [0.5, 0.6) is 0 Å². The summed E-state index contributed by atoms with van der Waals surface area (Å²) >= 11 is 0. The van der Waals surface area contributed by atoms with Gasteiger partial charge in [0.25, 0.3) is 0 Å². The Kier molecular flexibility index (Phi) is 8.93. The summed E-state index contributed by atoms with van der Waals surface area (Å²) in [7, 11) is 2.76. The molecule has 0 aromatic heterocycles. The zero-order valence-electron chi connectivity index (χ0n) is 18.2. The molecule has 0 aromatic carbocycles. The van der Waals surface area contributed by atoms with Crippen LogP contribution in [-0.2, 0) is 28.6 Å². The van der Waals surface area contributed by atoms with Gasteiger partial charge < -0.3 is 14.2 Å². The van der Waals surface area contributed by atoms with E-state index in [0.717, 1.165) is 50.9 Å². The van der Waals surface area contributed by atoms with Crippen LogP contribution in [-0.4, -0.2) is 37.9 Å². The minimum absolute atomic E-state index is 0.00201. The fourth-order valence-corrected chi connectivity index (χ4v) is 4.35. The molecule has 2 aliphatic rings. The molecule has 0 aliphatic heterocycles. The topological polar surface area (TPSA) is 78.9 Å². The first-order valence-electron chi connectivity index (χ1n) is 10.7. The molecule has 1 saturated carbocycles. The van der Waals surface area contributed by atoms with Gasteiger partial charge in [-0.05, 0) is 51.4 Å². The van der Waals surface area contributed by atoms with Gasteiger partial charge in [0.1, 0.15) is 6.10 Å². The lowest BCUT2D eigenvalue weighted by molar-refractivity contribution is -0.148. The molecule has 0 amide bonds. The molecule has 1 fully saturated rings. The smallest absolute Gasteiger partial charge is 0.302 e. The Labute approximate surface area is 173 Å². The van der Waals surface area contributed by atoms with Crippen LogP contribution in [0.1, 0.15) is 78.1 Å². The van der Waals surface area contributed by atoms with Crippen molar-refractivity contribution in [3.8, 4) is 0 Å². The second kappa shape index (κ2) is 11.2. The third-order valence-electron chi connectivity index (χ3n) is 6.01. The van der Waals surface area contributed by atoms with E-state index in [-0.39, 0.29) is 35.2 Å². The number of allylic oxidation sites excluding steroid dienone is 2. The Morgan fingerprint density at radius 1 is 0.897 bits per heavy atom. The first-order chi connectivity index (χ1) is 13.9. The first kappa shape index (κ1) is 23.2. The number of Topliss-reactive ketones (excluding diaryl/α,β-unsaturated/α-hetero) is 2. The molecule has 0 unspecified atom stereocenters. The molecule has 162 valence electrons.